The maximum atomic E-state index is 13.4. The highest BCUT2D eigenvalue weighted by Crippen LogP contribution is 2.37. The predicted molar refractivity (Wildman–Crippen MR) is 147 cm³/mol. The highest BCUT2D eigenvalue weighted by atomic mass is 127. The Morgan fingerprint density at radius 1 is 1.26 bits per heavy atom. The molecule has 10 nitrogen and oxygen atoms in total. The van der Waals surface area contributed by atoms with Crippen LogP contribution in [0, 0.1) is 3.57 Å². The summed E-state index contributed by atoms with van der Waals surface area (Å²) in [7, 11) is 1.47. The average Bonchev–Trinajstić information content (AvgIpc) is 3.44. The van der Waals surface area contributed by atoms with Gasteiger partial charge in [0, 0.05) is 37.1 Å². The highest BCUT2D eigenvalue weighted by Gasteiger charge is 2.41. The van der Waals surface area contributed by atoms with Crippen molar-refractivity contribution in [3.8, 4) is 11.5 Å². The summed E-state index contributed by atoms with van der Waals surface area (Å²) in [5, 5.41) is 32.9. The number of carbonyl (C=O) groups excluding carboxylic acids is 2. The van der Waals surface area contributed by atoms with E-state index in [9.17, 15) is 24.9 Å². The third kappa shape index (κ3) is 7.49. The van der Waals surface area contributed by atoms with Crippen molar-refractivity contribution in [3.63, 3.8) is 0 Å². The van der Waals surface area contributed by atoms with Crippen LogP contribution in [-0.4, -0.2) is 70.5 Å². The fourth-order valence-corrected chi connectivity index (χ4v) is 5.13. The number of benzene rings is 1. The van der Waals surface area contributed by atoms with Crippen LogP contribution < -0.4 is 14.8 Å². The molecule has 1 aliphatic carbocycles. The molecule has 3 rings (SSSR count). The quantitative estimate of drug-likeness (QED) is 0.245. The number of aliphatic hydroxyl groups is 3. The summed E-state index contributed by atoms with van der Waals surface area (Å²) in [6.45, 7) is 1.86. The van der Waals surface area contributed by atoms with E-state index in [1.807, 2.05) is 6.92 Å². The van der Waals surface area contributed by atoms with Crippen molar-refractivity contribution < 1.29 is 38.8 Å². The first-order chi connectivity index (χ1) is 18.3. The molecule has 3 atom stereocenters. The van der Waals surface area contributed by atoms with Crippen LogP contribution in [0.5, 0.6) is 11.5 Å². The maximum absolute atomic E-state index is 13.4. The van der Waals surface area contributed by atoms with Gasteiger partial charge in [-0.25, -0.2) is 0 Å². The minimum atomic E-state index is -1.17. The molecule has 1 heterocycles. The fourth-order valence-electron chi connectivity index (χ4n) is 4.34. The Hall–Kier alpha value is -2.61. The minimum absolute atomic E-state index is 0.0669. The lowest BCUT2D eigenvalue weighted by atomic mass is 9.87. The van der Waals surface area contributed by atoms with Crippen LogP contribution in [-0.2, 0) is 22.7 Å². The summed E-state index contributed by atoms with van der Waals surface area (Å²) in [6.07, 6.45) is 4.39. The molecule has 1 aliphatic rings. The van der Waals surface area contributed by atoms with Gasteiger partial charge in [0.2, 0.25) is 11.8 Å². The molecule has 208 valence electrons. The van der Waals surface area contributed by atoms with Crippen molar-refractivity contribution in [2.75, 3.05) is 20.3 Å². The van der Waals surface area contributed by atoms with E-state index < -0.39 is 24.2 Å². The van der Waals surface area contributed by atoms with Gasteiger partial charge >= 0.3 is 0 Å². The lowest BCUT2D eigenvalue weighted by molar-refractivity contribution is -0.139. The number of ether oxygens (including phenoxy) is 2. The Morgan fingerprint density at radius 2 is 2.05 bits per heavy atom. The molecule has 0 saturated carbocycles. The monoisotopic (exact) mass is 642 g/mol. The van der Waals surface area contributed by atoms with Crippen molar-refractivity contribution in [2.45, 2.75) is 64.0 Å². The molecular weight excluding hydrogens is 607 g/mol. The van der Waals surface area contributed by atoms with Crippen molar-refractivity contribution in [1.29, 1.82) is 0 Å². The molecule has 0 spiro atoms. The Morgan fingerprint density at radius 3 is 2.68 bits per heavy atom. The summed E-state index contributed by atoms with van der Waals surface area (Å²) in [6, 6.07) is 4.37. The van der Waals surface area contributed by atoms with Crippen molar-refractivity contribution in [3.05, 3.63) is 57.1 Å². The first-order valence-electron chi connectivity index (χ1n) is 12.5. The van der Waals surface area contributed by atoms with Crippen LogP contribution in [0.25, 0.3) is 0 Å². The number of rotatable bonds is 13. The molecule has 0 fully saturated rings. The second kappa shape index (κ2) is 14.5. The second-order valence-corrected chi connectivity index (χ2v) is 10.2. The van der Waals surface area contributed by atoms with Crippen LogP contribution in [0.3, 0.4) is 0 Å². The van der Waals surface area contributed by atoms with Crippen molar-refractivity contribution >= 4 is 34.4 Å². The minimum Gasteiger partial charge on any atom is -0.493 e. The van der Waals surface area contributed by atoms with Crippen LogP contribution in [0.2, 0.25) is 0 Å². The molecule has 0 bridgehead atoms. The van der Waals surface area contributed by atoms with Gasteiger partial charge in [-0.05, 0) is 58.9 Å². The fraction of sp³-hybridized carbons (Fsp3) is 0.481. The molecule has 2 aromatic rings. The van der Waals surface area contributed by atoms with Gasteiger partial charge in [-0.2, -0.15) is 0 Å². The third-order valence-corrected chi connectivity index (χ3v) is 7.14. The number of methoxy groups -OCH3 is 1. The Balaban J connectivity index is 2.00. The van der Waals surface area contributed by atoms with Gasteiger partial charge in [-0.15, -0.1) is 0 Å². The van der Waals surface area contributed by atoms with E-state index in [1.165, 1.54) is 13.4 Å². The first kappa shape index (κ1) is 29.9. The number of furan rings is 1. The highest BCUT2D eigenvalue weighted by molar-refractivity contribution is 14.1. The smallest absolute Gasteiger partial charge is 0.247 e. The van der Waals surface area contributed by atoms with E-state index in [-0.39, 0.29) is 38.6 Å². The summed E-state index contributed by atoms with van der Waals surface area (Å²) < 4.78 is 17.6. The lowest BCUT2D eigenvalue weighted by Crippen LogP contribution is -2.54. The van der Waals surface area contributed by atoms with Crippen LogP contribution in [0.15, 0.2) is 46.8 Å². The Kier molecular flexibility index (Phi) is 11.4. The molecular formula is C27H35IN2O8. The zero-order valence-corrected chi connectivity index (χ0v) is 23.7. The van der Waals surface area contributed by atoms with Gasteiger partial charge in [0.05, 0.1) is 42.5 Å². The van der Waals surface area contributed by atoms with E-state index in [0.29, 0.717) is 39.0 Å². The zero-order valence-electron chi connectivity index (χ0n) is 21.6. The zero-order chi connectivity index (χ0) is 27.7. The number of hydrogen-bond acceptors (Lipinski definition) is 8. The summed E-state index contributed by atoms with van der Waals surface area (Å²) >= 11 is 2.06. The van der Waals surface area contributed by atoms with Gasteiger partial charge in [0.25, 0.3) is 0 Å². The number of nitrogens with one attached hydrogen (secondary N) is 1. The predicted octanol–water partition coefficient (Wildman–Crippen LogP) is 2.52. The normalized spacial score (nSPS) is 19.0. The Labute approximate surface area is 235 Å². The molecule has 0 saturated heterocycles. The van der Waals surface area contributed by atoms with Crippen molar-refractivity contribution in [1.82, 2.24) is 10.2 Å². The van der Waals surface area contributed by atoms with Crippen molar-refractivity contribution in [2.24, 2.45) is 0 Å². The van der Waals surface area contributed by atoms with Gasteiger partial charge in [-0.3, -0.25) is 9.59 Å². The van der Waals surface area contributed by atoms with Crippen LogP contribution in [0.4, 0.5) is 0 Å². The molecule has 0 aliphatic heterocycles. The van der Waals surface area contributed by atoms with E-state index >= 15 is 0 Å². The molecule has 3 unspecified atom stereocenters. The van der Waals surface area contributed by atoms with Gasteiger partial charge < -0.3 is 39.4 Å². The molecule has 0 radical (unpaired) electrons. The molecule has 11 heteroatoms. The van der Waals surface area contributed by atoms with Gasteiger partial charge in [0.1, 0.15) is 12.2 Å². The number of unbranched alkanes of at least 4 members (excludes halogenated alkanes) is 1. The number of nitrogens with zero attached hydrogens (tertiary/aromatic N) is 1. The first-order valence-corrected chi connectivity index (χ1v) is 13.6. The topological polar surface area (TPSA) is 142 Å². The van der Waals surface area contributed by atoms with E-state index in [2.05, 4.69) is 27.9 Å². The van der Waals surface area contributed by atoms with Gasteiger partial charge in [-0.1, -0.05) is 13.3 Å². The number of hydrogen-bond donors (Lipinski definition) is 4. The summed E-state index contributed by atoms with van der Waals surface area (Å²) in [5.41, 5.74) is 1.73. The van der Waals surface area contributed by atoms with E-state index in [4.69, 9.17) is 13.9 Å². The molecule has 38 heavy (non-hydrogen) atoms. The average molecular weight is 642 g/mol. The standard InChI is InChI=1S/C27H35IN2O8/c1-3-4-5-24(33)30(14-17-6-9-37-16-17)21-12-19(27(35)29-7-8-31)13-22(25(21)34)38-26-20(28)10-18(15-32)11-23(26)36-2/h6,9-11,13,16,21-22,25,31-32,34H,3-5,7-8,12,14-15H2,1-2H3,(H,29,35). The lowest BCUT2D eigenvalue weighted by Gasteiger charge is -2.40. The van der Waals surface area contributed by atoms with E-state index in [0.717, 1.165) is 12.0 Å². The number of amides is 2. The molecule has 1 aromatic carbocycles. The largest absolute Gasteiger partial charge is 0.493 e. The van der Waals surface area contributed by atoms with Crippen LogP contribution in [0.1, 0.15) is 43.7 Å². The Bertz CT molecular complexity index is 1100. The third-order valence-electron chi connectivity index (χ3n) is 6.34. The maximum Gasteiger partial charge on any atom is 0.247 e. The number of halogens is 1. The van der Waals surface area contributed by atoms with Crippen LogP contribution >= 0.6 is 22.6 Å². The SMILES string of the molecule is CCCCC(=O)N(Cc1ccoc1)C1CC(C(=O)NCCO)=CC(Oc2c(I)cc(CO)cc2OC)C1O. The summed E-state index contributed by atoms with van der Waals surface area (Å²) in [5.74, 6) is 0.155. The summed E-state index contributed by atoms with van der Waals surface area (Å²) in [4.78, 5) is 27.9. The number of carbonyl (C=O) groups is 2. The molecule has 1 aromatic heterocycles. The second-order valence-electron chi connectivity index (χ2n) is 9.04. The van der Waals surface area contributed by atoms with E-state index in [1.54, 1.807) is 35.4 Å². The molecule has 2 amide bonds. The van der Waals surface area contributed by atoms with Gasteiger partial charge in [0.15, 0.2) is 11.5 Å². The number of aliphatic hydroxyl groups excluding tert-OH is 3. The molecule has 4 N–H and O–H groups in total.